The Balaban J connectivity index is 2.00. The molecular weight excluding hydrogens is 314 g/mol. The maximum absolute atomic E-state index is 12.2. The molecule has 0 spiro atoms. The van der Waals surface area contributed by atoms with Crippen molar-refractivity contribution in [3.05, 3.63) is 28.2 Å². The van der Waals surface area contributed by atoms with Crippen LogP contribution in [0, 0.1) is 0 Å². The second-order valence-electron chi connectivity index (χ2n) is 5.37. The van der Waals surface area contributed by atoms with Gasteiger partial charge in [0.05, 0.1) is 10.1 Å². The minimum atomic E-state index is -3.12. The molecule has 0 unspecified atom stereocenters. The van der Waals surface area contributed by atoms with Gasteiger partial charge in [-0.1, -0.05) is 6.07 Å². The molecule has 0 aliphatic heterocycles. The lowest BCUT2D eigenvalue weighted by Crippen LogP contribution is -2.20. The van der Waals surface area contributed by atoms with Crippen molar-refractivity contribution < 1.29 is 8.42 Å². The van der Waals surface area contributed by atoms with Crippen LogP contribution in [0.2, 0.25) is 0 Å². The molecule has 0 aromatic heterocycles. The van der Waals surface area contributed by atoms with Gasteiger partial charge in [0.2, 0.25) is 0 Å². The lowest BCUT2D eigenvalue weighted by atomic mass is 9.96. The van der Waals surface area contributed by atoms with E-state index in [2.05, 4.69) is 15.9 Å². The summed E-state index contributed by atoms with van der Waals surface area (Å²) in [5.41, 5.74) is 7.06. The van der Waals surface area contributed by atoms with Crippen LogP contribution < -0.4 is 5.73 Å². The Labute approximate surface area is 116 Å². The van der Waals surface area contributed by atoms with E-state index in [1.54, 1.807) is 6.07 Å². The average Bonchev–Trinajstić information content (AvgIpc) is 3.20. The van der Waals surface area contributed by atoms with Gasteiger partial charge in [-0.3, -0.25) is 0 Å². The third-order valence-corrected chi connectivity index (χ3v) is 7.29. The van der Waals surface area contributed by atoms with E-state index in [-0.39, 0.29) is 10.7 Å². The predicted molar refractivity (Wildman–Crippen MR) is 74.3 cm³/mol. The molecule has 0 radical (unpaired) electrons. The third kappa shape index (κ3) is 1.92. The second kappa shape index (κ2) is 4.05. The number of hydrogen-bond acceptors (Lipinski definition) is 3. The Bertz CT molecular complexity index is 589. The van der Waals surface area contributed by atoms with Gasteiger partial charge in [-0.25, -0.2) is 8.42 Å². The van der Waals surface area contributed by atoms with Crippen molar-refractivity contribution in [1.82, 2.24) is 0 Å². The minimum Gasteiger partial charge on any atom is -0.330 e. The first-order valence-electron chi connectivity index (χ1n) is 6.24. The summed E-state index contributed by atoms with van der Waals surface area (Å²) in [4.78, 5) is 0.432. The highest BCUT2D eigenvalue weighted by atomic mass is 79.9. The van der Waals surface area contributed by atoms with Crippen molar-refractivity contribution in [1.29, 1.82) is 0 Å². The summed E-state index contributed by atoms with van der Waals surface area (Å²) in [6.07, 6.45) is 3.79. The minimum absolute atomic E-state index is 0.102. The maximum Gasteiger partial charge on any atom is 0.182 e. The first-order chi connectivity index (χ1) is 8.49. The van der Waals surface area contributed by atoms with E-state index >= 15 is 0 Å². The largest absolute Gasteiger partial charge is 0.330 e. The van der Waals surface area contributed by atoms with Crippen LogP contribution in [0.15, 0.2) is 27.6 Å². The Hall–Kier alpha value is -0.390. The van der Waals surface area contributed by atoms with Crippen LogP contribution in [-0.2, 0) is 15.3 Å². The van der Waals surface area contributed by atoms with Crippen LogP contribution in [-0.4, -0.2) is 20.2 Å². The van der Waals surface area contributed by atoms with Crippen molar-refractivity contribution in [3.8, 4) is 0 Å². The summed E-state index contributed by atoms with van der Waals surface area (Å²) in [6.45, 7) is 0.633. The number of rotatable bonds is 4. The number of sulfone groups is 1. The monoisotopic (exact) mass is 329 g/mol. The van der Waals surface area contributed by atoms with Crippen molar-refractivity contribution in [2.24, 2.45) is 5.73 Å². The molecule has 0 bridgehead atoms. The van der Waals surface area contributed by atoms with E-state index in [4.69, 9.17) is 5.73 Å². The Morgan fingerprint density at radius 3 is 2.44 bits per heavy atom. The topological polar surface area (TPSA) is 60.2 Å². The molecule has 98 valence electrons. The zero-order chi connectivity index (χ0) is 13.0. The smallest absolute Gasteiger partial charge is 0.182 e. The molecule has 1 aromatic carbocycles. The summed E-state index contributed by atoms with van der Waals surface area (Å²) >= 11 is 3.41. The number of halogens is 1. The zero-order valence-electron chi connectivity index (χ0n) is 10.0. The normalized spacial score (nSPS) is 21.9. The van der Waals surface area contributed by atoms with Crippen LogP contribution in [0.1, 0.15) is 31.2 Å². The molecule has 2 aliphatic carbocycles. The fourth-order valence-electron chi connectivity index (χ4n) is 2.38. The van der Waals surface area contributed by atoms with Gasteiger partial charge in [0.15, 0.2) is 9.84 Å². The lowest BCUT2D eigenvalue weighted by molar-refractivity contribution is 0.594. The van der Waals surface area contributed by atoms with Crippen LogP contribution >= 0.6 is 15.9 Å². The van der Waals surface area contributed by atoms with Gasteiger partial charge < -0.3 is 5.73 Å². The Morgan fingerprint density at radius 1 is 1.33 bits per heavy atom. The molecule has 2 aliphatic rings. The van der Waals surface area contributed by atoms with Crippen molar-refractivity contribution in [2.45, 2.75) is 41.2 Å². The molecule has 5 heteroatoms. The average molecular weight is 330 g/mol. The Kier molecular flexibility index (Phi) is 2.84. The standard InChI is InChI=1S/C13H16BrNO2S/c14-11-7-9(13(8-15)5-6-13)1-4-12(11)18(16,17)10-2-3-10/h1,4,7,10H,2-3,5-6,8,15H2. The number of benzene rings is 1. The maximum atomic E-state index is 12.2. The molecule has 1 aromatic rings. The first kappa shape index (κ1) is 12.6. The molecule has 3 nitrogen and oxygen atoms in total. The molecule has 0 amide bonds. The van der Waals surface area contributed by atoms with Gasteiger partial charge in [-0.05, 0) is 59.3 Å². The summed E-state index contributed by atoms with van der Waals surface area (Å²) in [5, 5.41) is -0.163. The lowest BCUT2D eigenvalue weighted by Gasteiger charge is -2.15. The highest BCUT2D eigenvalue weighted by Crippen LogP contribution is 2.48. The van der Waals surface area contributed by atoms with Gasteiger partial charge in [0.1, 0.15) is 0 Å². The third-order valence-electron chi connectivity index (χ3n) is 4.06. The highest BCUT2D eigenvalue weighted by Gasteiger charge is 2.44. The molecule has 2 N–H and O–H groups in total. The van der Waals surface area contributed by atoms with Crippen LogP contribution in [0.25, 0.3) is 0 Å². The summed E-state index contributed by atoms with van der Waals surface area (Å²) in [6, 6.07) is 5.61. The van der Waals surface area contributed by atoms with Crippen molar-refractivity contribution in [3.63, 3.8) is 0 Å². The summed E-state index contributed by atoms with van der Waals surface area (Å²) < 4.78 is 25.1. The van der Waals surface area contributed by atoms with Gasteiger partial charge in [0, 0.05) is 16.4 Å². The molecule has 0 heterocycles. The molecule has 2 fully saturated rings. The van der Waals surface area contributed by atoms with Crippen LogP contribution in [0.3, 0.4) is 0 Å². The van der Waals surface area contributed by atoms with Gasteiger partial charge >= 0.3 is 0 Å². The van der Waals surface area contributed by atoms with E-state index in [9.17, 15) is 8.42 Å². The summed E-state index contributed by atoms with van der Waals surface area (Å²) in [5.74, 6) is 0. The molecule has 2 saturated carbocycles. The molecule has 0 saturated heterocycles. The van der Waals surface area contributed by atoms with Crippen LogP contribution in [0.4, 0.5) is 0 Å². The van der Waals surface area contributed by atoms with E-state index in [1.807, 2.05) is 12.1 Å². The van der Waals surface area contributed by atoms with E-state index in [0.717, 1.165) is 31.2 Å². The fraction of sp³-hybridized carbons (Fsp3) is 0.538. The number of hydrogen-bond donors (Lipinski definition) is 1. The summed E-state index contributed by atoms with van der Waals surface area (Å²) in [7, 11) is -3.12. The first-order valence-corrected chi connectivity index (χ1v) is 8.57. The van der Waals surface area contributed by atoms with Crippen LogP contribution in [0.5, 0.6) is 0 Å². The second-order valence-corrected chi connectivity index (χ2v) is 8.42. The zero-order valence-corrected chi connectivity index (χ0v) is 12.4. The van der Waals surface area contributed by atoms with E-state index in [1.165, 1.54) is 0 Å². The van der Waals surface area contributed by atoms with Gasteiger partial charge in [-0.15, -0.1) is 0 Å². The number of nitrogens with two attached hydrogens (primary N) is 1. The Morgan fingerprint density at radius 2 is 2.00 bits per heavy atom. The molecular formula is C13H16BrNO2S. The van der Waals surface area contributed by atoms with E-state index in [0.29, 0.717) is 15.9 Å². The quantitative estimate of drug-likeness (QED) is 0.922. The van der Waals surface area contributed by atoms with Crippen molar-refractivity contribution in [2.75, 3.05) is 6.54 Å². The fourth-order valence-corrected chi connectivity index (χ4v) is 5.14. The molecule has 0 atom stereocenters. The van der Waals surface area contributed by atoms with Crippen molar-refractivity contribution >= 4 is 25.8 Å². The van der Waals surface area contributed by atoms with E-state index < -0.39 is 9.84 Å². The van der Waals surface area contributed by atoms with Gasteiger partial charge in [-0.2, -0.15) is 0 Å². The molecule has 18 heavy (non-hydrogen) atoms. The molecule has 3 rings (SSSR count). The highest BCUT2D eigenvalue weighted by molar-refractivity contribution is 9.10. The predicted octanol–water partition coefficient (Wildman–Crippen LogP) is 2.38. The SMILES string of the molecule is NCC1(c2ccc(S(=O)(=O)C3CC3)c(Br)c2)CC1. The van der Waals surface area contributed by atoms with Gasteiger partial charge in [0.25, 0.3) is 0 Å².